The average Bonchev–Trinajstić information content (AvgIpc) is 2.73. The Hall–Kier alpha value is -2.44. The molecule has 3 heterocycles. The third-order valence-corrected chi connectivity index (χ3v) is 6.29. The quantitative estimate of drug-likeness (QED) is 0.538. The summed E-state index contributed by atoms with van der Waals surface area (Å²) < 4.78 is 9.20. The molecule has 0 amide bonds. The summed E-state index contributed by atoms with van der Waals surface area (Å²) in [5, 5.41) is 9.11. The highest BCUT2D eigenvalue weighted by Gasteiger charge is 2.26. The molecule has 6 heteroatoms. The van der Waals surface area contributed by atoms with Crippen LogP contribution in [0, 0.1) is 0 Å². The Morgan fingerprint density at radius 2 is 2.07 bits per heavy atom. The first-order chi connectivity index (χ1) is 13.3. The summed E-state index contributed by atoms with van der Waals surface area (Å²) in [5.41, 5.74) is 3.93. The first kappa shape index (κ1) is 16.7. The first-order valence-electron chi connectivity index (χ1n) is 9.33. The van der Waals surface area contributed by atoms with Crippen LogP contribution in [0.3, 0.4) is 0 Å². The molecule has 1 fully saturated rings. The van der Waals surface area contributed by atoms with Crippen molar-refractivity contribution in [3.05, 3.63) is 58.6 Å². The number of ether oxygens (including phenoxy) is 1. The lowest BCUT2D eigenvalue weighted by atomic mass is 9.97. The van der Waals surface area contributed by atoms with Gasteiger partial charge >= 0.3 is 5.97 Å². The Bertz CT molecular complexity index is 1000. The summed E-state index contributed by atoms with van der Waals surface area (Å²) in [6.45, 7) is 1.82. The maximum atomic E-state index is 12.7. The van der Waals surface area contributed by atoms with Gasteiger partial charge in [0.15, 0.2) is 0 Å². The number of hydrogen-bond acceptors (Lipinski definition) is 6. The molecule has 3 aliphatic heterocycles. The topological polar surface area (TPSA) is 62.4 Å². The molecule has 5 nitrogen and oxygen atoms in total. The molecule has 0 aromatic heterocycles. The van der Waals surface area contributed by atoms with Crippen molar-refractivity contribution in [3.8, 4) is 0 Å². The maximum absolute atomic E-state index is 12.7. The van der Waals surface area contributed by atoms with Crippen molar-refractivity contribution in [1.29, 1.82) is 0 Å². The Kier molecular flexibility index (Phi) is 4.30. The number of nitrogens with one attached hydrogen (secondary N) is 3. The number of carbonyl (C=O) groups excluding carboxylic acids is 1. The number of carbonyl (C=O) groups is 1. The van der Waals surface area contributed by atoms with Gasteiger partial charge in [0, 0.05) is 16.6 Å². The zero-order valence-corrected chi connectivity index (χ0v) is 15.6. The molecule has 27 heavy (non-hydrogen) atoms. The molecule has 4 aliphatic rings. The lowest BCUT2D eigenvalue weighted by Gasteiger charge is -2.28. The lowest BCUT2D eigenvalue weighted by molar-refractivity contribution is -0.144. The van der Waals surface area contributed by atoms with Crippen LogP contribution in [-0.4, -0.2) is 30.4 Å². The van der Waals surface area contributed by atoms with Gasteiger partial charge in [0.05, 0.1) is 22.2 Å². The minimum atomic E-state index is -0.221. The SMILES string of the molecule is O=C(OC1CCNCC1)C1=CC2=c3ccc4c(c3NSC2C=C1)NC=CC=4. The van der Waals surface area contributed by atoms with Crippen molar-refractivity contribution in [2.45, 2.75) is 24.2 Å². The first-order valence-corrected chi connectivity index (χ1v) is 10.2. The van der Waals surface area contributed by atoms with Crippen LogP contribution in [0.5, 0.6) is 0 Å². The van der Waals surface area contributed by atoms with E-state index in [2.05, 4.69) is 39.6 Å². The van der Waals surface area contributed by atoms with Gasteiger partial charge in [-0.05, 0) is 55.6 Å². The molecular formula is C21H21N3O2S. The van der Waals surface area contributed by atoms with E-state index >= 15 is 0 Å². The Labute approximate surface area is 162 Å². The van der Waals surface area contributed by atoms with Gasteiger partial charge in [0.25, 0.3) is 0 Å². The predicted octanol–water partition coefficient (Wildman–Crippen LogP) is 1.79. The number of allylic oxidation sites excluding steroid dienone is 2. The number of hydrogen-bond donors (Lipinski definition) is 3. The van der Waals surface area contributed by atoms with Crippen molar-refractivity contribution < 1.29 is 9.53 Å². The molecule has 1 saturated heterocycles. The molecule has 0 saturated carbocycles. The fourth-order valence-corrected chi connectivity index (χ4v) is 4.79. The van der Waals surface area contributed by atoms with Gasteiger partial charge in [-0.25, -0.2) is 4.79 Å². The van der Waals surface area contributed by atoms with Gasteiger partial charge in [0.2, 0.25) is 0 Å². The van der Waals surface area contributed by atoms with E-state index in [1.807, 2.05) is 24.4 Å². The highest BCUT2D eigenvalue weighted by Crippen LogP contribution is 2.34. The smallest absolute Gasteiger partial charge is 0.338 e. The van der Waals surface area contributed by atoms with E-state index in [-0.39, 0.29) is 17.3 Å². The number of benzene rings is 1. The normalized spacial score (nSPS) is 23.0. The van der Waals surface area contributed by atoms with Crippen LogP contribution in [0.2, 0.25) is 0 Å². The van der Waals surface area contributed by atoms with E-state index in [4.69, 9.17) is 4.74 Å². The highest BCUT2D eigenvalue weighted by molar-refractivity contribution is 8.01. The molecular weight excluding hydrogens is 358 g/mol. The number of anilines is 2. The zero-order chi connectivity index (χ0) is 18.2. The van der Waals surface area contributed by atoms with Gasteiger partial charge < -0.3 is 20.1 Å². The van der Waals surface area contributed by atoms with Crippen LogP contribution in [0.15, 0.2) is 48.2 Å². The third kappa shape index (κ3) is 3.09. The fourth-order valence-electron chi connectivity index (χ4n) is 3.85. The van der Waals surface area contributed by atoms with Gasteiger partial charge in [-0.3, -0.25) is 0 Å². The van der Waals surface area contributed by atoms with Crippen LogP contribution in [0.25, 0.3) is 11.6 Å². The van der Waals surface area contributed by atoms with Gasteiger partial charge in [0.1, 0.15) is 6.10 Å². The van der Waals surface area contributed by atoms with Gasteiger partial charge in [-0.1, -0.05) is 30.4 Å². The second-order valence-electron chi connectivity index (χ2n) is 7.03. The lowest BCUT2D eigenvalue weighted by Crippen LogP contribution is -2.34. The van der Waals surface area contributed by atoms with Gasteiger partial charge in [-0.15, -0.1) is 0 Å². The molecule has 138 valence electrons. The van der Waals surface area contributed by atoms with E-state index in [0.29, 0.717) is 5.57 Å². The van der Waals surface area contributed by atoms with Gasteiger partial charge in [-0.2, -0.15) is 0 Å². The molecule has 0 bridgehead atoms. The van der Waals surface area contributed by atoms with Crippen molar-refractivity contribution in [2.75, 3.05) is 23.1 Å². The summed E-state index contributed by atoms with van der Waals surface area (Å²) in [7, 11) is 0. The second-order valence-corrected chi connectivity index (χ2v) is 7.98. The zero-order valence-electron chi connectivity index (χ0n) is 14.8. The Balaban J connectivity index is 1.51. The summed E-state index contributed by atoms with van der Waals surface area (Å²) in [4.78, 5) is 12.7. The van der Waals surface area contributed by atoms with Crippen molar-refractivity contribution in [1.82, 2.24) is 5.32 Å². The summed E-state index contributed by atoms with van der Waals surface area (Å²) in [6, 6.07) is 4.25. The minimum absolute atomic E-state index is 0.0176. The van der Waals surface area contributed by atoms with Crippen LogP contribution in [0.4, 0.5) is 11.4 Å². The standard InChI is InChI=1S/C21H21N3O2S/c25-21(26-15-7-10-22-11-8-15)14-4-6-18-17(12-14)16-5-3-13-2-1-9-23-19(13)20(16)24-27-18/h1-6,9,12,15,18,22-24H,7-8,10-11H2. The van der Waals surface area contributed by atoms with E-state index in [1.54, 1.807) is 11.9 Å². The van der Waals surface area contributed by atoms with Crippen LogP contribution < -0.4 is 25.8 Å². The highest BCUT2D eigenvalue weighted by atomic mass is 32.2. The maximum Gasteiger partial charge on any atom is 0.338 e. The van der Waals surface area contributed by atoms with E-state index in [1.165, 1.54) is 0 Å². The van der Waals surface area contributed by atoms with E-state index < -0.39 is 0 Å². The molecule has 0 spiro atoms. The summed E-state index contributed by atoms with van der Waals surface area (Å²) in [6.07, 6.45) is 13.8. The number of esters is 1. The van der Waals surface area contributed by atoms with E-state index in [0.717, 1.165) is 53.3 Å². The molecule has 5 rings (SSSR count). The van der Waals surface area contributed by atoms with E-state index in [9.17, 15) is 4.79 Å². The van der Waals surface area contributed by atoms with Crippen molar-refractivity contribution >= 4 is 40.9 Å². The predicted molar refractivity (Wildman–Crippen MR) is 111 cm³/mol. The Morgan fingerprint density at radius 1 is 1.19 bits per heavy atom. The molecule has 1 aliphatic carbocycles. The second kappa shape index (κ2) is 6.94. The molecule has 1 aromatic rings. The Morgan fingerprint density at radius 3 is 2.96 bits per heavy atom. The molecule has 1 atom stereocenters. The minimum Gasteiger partial charge on any atom is -0.459 e. The number of rotatable bonds is 2. The van der Waals surface area contributed by atoms with Crippen LogP contribution in [-0.2, 0) is 9.53 Å². The average molecular weight is 379 g/mol. The van der Waals surface area contributed by atoms with Crippen molar-refractivity contribution in [2.24, 2.45) is 0 Å². The third-order valence-electron chi connectivity index (χ3n) is 5.30. The summed E-state index contributed by atoms with van der Waals surface area (Å²) >= 11 is 1.66. The largest absolute Gasteiger partial charge is 0.459 e. The molecule has 3 N–H and O–H groups in total. The summed E-state index contributed by atoms with van der Waals surface area (Å²) in [5.74, 6) is -0.221. The molecule has 1 unspecified atom stereocenters. The number of fused-ring (bicyclic) bond motifs is 4. The van der Waals surface area contributed by atoms with Crippen LogP contribution in [0.1, 0.15) is 12.8 Å². The molecule has 1 aromatic carbocycles. The number of piperidine rings is 1. The van der Waals surface area contributed by atoms with Crippen molar-refractivity contribution in [3.63, 3.8) is 0 Å². The monoisotopic (exact) mass is 379 g/mol. The fraction of sp³-hybridized carbons (Fsp3) is 0.286. The molecule has 0 radical (unpaired) electrons. The van der Waals surface area contributed by atoms with Crippen LogP contribution >= 0.6 is 11.9 Å².